The summed E-state index contributed by atoms with van der Waals surface area (Å²) in [4.78, 5) is 18.4. The monoisotopic (exact) mass is 288 g/mol. The highest BCUT2D eigenvalue weighted by atomic mass is 32.1. The standard InChI is InChI=1S/C15H16N2O2S/c1-4-17-13-7-11(12-8-20-10(3)16-12)5-6-14(13)19-9(2)15(17)18/h5-9H,4H2,1-3H3. The van der Waals surface area contributed by atoms with Gasteiger partial charge in [0.2, 0.25) is 0 Å². The van der Waals surface area contributed by atoms with Crippen LogP contribution in [0.1, 0.15) is 18.9 Å². The van der Waals surface area contributed by atoms with Crippen molar-refractivity contribution in [3.63, 3.8) is 0 Å². The molecule has 0 saturated heterocycles. The first-order valence-corrected chi connectivity index (χ1v) is 7.52. The van der Waals surface area contributed by atoms with Gasteiger partial charge in [0, 0.05) is 17.5 Å². The third kappa shape index (κ3) is 2.08. The van der Waals surface area contributed by atoms with E-state index in [1.807, 2.05) is 37.4 Å². The van der Waals surface area contributed by atoms with Crippen LogP contribution in [-0.2, 0) is 4.79 Å². The lowest BCUT2D eigenvalue weighted by Crippen LogP contribution is -2.44. The normalized spacial score (nSPS) is 17.9. The summed E-state index contributed by atoms with van der Waals surface area (Å²) in [5.41, 5.74) is 2.79. The number of thiazole rings is 1. The van der Waals surface area contributed by atoms with E-state index in [1.54, 1.807) is 23.2 Å². The average Bonchev–Trinajstić information content (AvgIpc) is 2.86. The van der Waals surface area contributed by atoms with E-state index in [2.05, 4.69) is 4.98 Å². The highest BCUT2D eigenvalue weighted by Gasteiger charge is 2.30. The van der Waals surface area contributed by atoms with Gasteiger partial charge in [0.15, 0.2) is 6.10 Å². The van der Waals surface area contributed by atoms with E-state index in [-0.39, 0.29) is 5.91 Å². The maximum absolute atomic E-state index is 12.2. The lowest BCUT2D eigenvalue weighted by Gasteiger charge is -2.32. The zero-order valence-electron chi connectivity index (χ0n) is 11.7. The molecule has 20 heavy (non-hydrogen) atoms. The van der Waals surface area contributed by atoms with Crippen molar-refractivity contribution in [3.05, 3.63) is 28.6 Å². The quantitative estimate of drug-likeness (QED) is 0.852. The molecule has 0 spiro atoms. The summed E-state index contributed by atoms with van der Waals surface area (Å²) in [6.45, 7) is 6.38. The largest absolute Gasteiger partial charge is 0.479 e. The first-order chi connectivity index (χ1) is 9.60. The molecule has 0 aliphatic carbocycles. The van der Waals surface area contributed by atoms with Crippen LogP contribution < -0.4 is 9.64 Å². The number of carbonyl (C=O) groups is 1. The minimum absolute atomic E-state index is 0.00612. The number of hydrogen-bond donors (Lipinski definition) is 0. The molecule has 1 aromatic heterocycles. The molecule has 0 fully saturated rings. The fourth-order valence-electron chi connectivity index (χ4n) is 2.39. The van der Waals surface area contributed by atoms with Gasteiger partial charge in [-0.3, -0.25) is 4.79 Å². The van der Waals surface area contributed by atoms with E-state index in [1.165, 1.54) is 0 Å². The van der Waals surface area contributed by atoms with Crippen molar-refractivity contribution in [3.8, 4) is 17.0 Å². The summed E-state index contributed by atoms with van der Waals surface area (Å²) in [6, 6.07) is 5.89. The highest BCUT2D eigenvalue weighted by molar-refractivity contribution is 7.09. The second-order valence-corrected chi connectivity index (χ2v) is 5.84. The summed E-state index contributed by atoms with van der Waals surface area (Å²) in [6.07, 6.45) is -0.421. The lowest BCUT2D eigenvalue weighted by molar-refractivity contribution is -0.125. The Morgan fingerprint density at radius 3 is 2.90 bits per heavy atom. The van der Waals surface area contributed by atoms with Crippen LogP contribution in [0.3, 0.4) is 0 Å². The molecule has 0 radical (unpaired) electrons. The number of nitrogens with zero attached hydrogens (tertiary/aromatic N) is 2. The molecule has 1 aliphatic rings. The maximum atomic E-state index is 12.2. The predicted octanol–water partition coefficient (Wildman–Crippen LogP) is 3.25. The molecule has 0 saturated carbocycles. The average molecular weight is 288 g/mol. The summed E-state index contributed by atoms with van der Waals surface area (Å²) < 4.78 is 5.66. The van der Waals surface area contributed by atoms with Crippen molar-refractivity contribution < 1.29 is 9.53 Å². The van der Waals surface area contributed by atoms with Crippen LogP contribution in [-0.4, -0.2) is 23.5 Å². The molecule has 2 heterocycles. The SMILES string of the molecule is CCN1C(=O)C(C)Oc2ccc(-c3csc(C)n3)cc21. The van der Waals surface area contributed by atoms with Crippen LogP contribution in [0.5, 0.6) is 5.75 Å². The van der Waals surface area contributed by atoms with Gasteiger partial charge in [-0.1, -0.05) is 0 Å². The first kappa shape index (κ1) is 13.1. The van der Waals surface area contributed by atoms with Gasteiger partial charge in [-0.15, -0.1) is 11.3 Å². The van der Waals surface area contributed by atoms with E-state index in [0.717, 1.165) is 27.7 Å². The smallest absolute Gasteiger partial charge is 0.267 e. The maximum Gasteiger partial charge on any atom is 0.267 e. The second-order valence-electron chi connectivity index (χ2n) is 4.78. The van der Waals surface area contributed by atoms with Crippen molar-refractivity contribution in [2.75, 3.05) is 11.4 Å². The number of fused-ring (bicyclic) bond motifs is 1. The minimum atomic E-state index is -0.421. The fourth-order valence-corrected chi connectivity index (χ4v) is 3.01. The summed E-state index contributed by atoms with van der Waals surface area (Å²) in [7, 11) is 0. The molecular weight excluding hydrogens is 272 g/mol. The zero-order valence-corrected chi connectivity index (χ0v) is 12.5. The van der Waals surface area contributed by atoms with Crippen LogP contribution in [0.2, 0.25) is 0 Å². The molecule has 5 heteroatoms. The molecule has 4 nitrogen and oxygen atoms in total. The Balaban J connectivity index is 2.07. The highest BCUT2D eigenvalue weighted by Crippen LogP contribution is 2.37. The Hall–Kier alpha value is -1.88. The van der Waals surface area contributed by atoms with Crippen molar-refractivity contribution in [2.24, 2.45) is 0 Å². The number of hydrogen-bond acceptors (Lipinski definition) is 4. The second kappa shape index (κ2) is 4.90. The van der Waals surface area contributed by atoms with E-state index in [4.69, 9.17) is 4.74 Å². The van der Waals surface area contributed by atoms with Gasteiger partial charge in [0.1, 0.15) is 5.75 Å². The number of anilines is 1. The van der Waals surface area contributed by atoms with Gasteiger partial charge in [-0.2, -0.15) is 0 Å². The third-order valence-corrected chi connectivity index (χ3v) is 4.17. The van der Waals surface area contributed by atoms with Gasteiger partial charge in [-0.25, -0.2) is 4.98 Å². The molecule has 1 unspecified atom stereocenters. The zero-order chi connectivity index (χ0) is 14.3. The fraction of sp³-hybridized carbons (Fsp3) is 0.333. The number of likely N-dealkylation sites (N-methyl/N-ethyl adjacent to an activating group) is 1. The number of rotatable bonds is 2. The lowest BCUT2D eigenvalue weighted by atomic mass is 10.1. The number of benzene rings is 1. The topological polar surface area (TPSA) is 42.4 Å². The number of carbonyl (C=O) groups excluding carboxylic acids is 1. The molecule has 1 aromatic carbocycles. The van der Waals surface area contributed by atoms with Crippen molar-refractivity contribution in [1.29, 1.82) is 0 Å². The van der Waals surface area contributed by atoms with E-state index < -0.39 is 6.10 Å². The number of aromatic nitrogens is 1. The Kier molecular flexibility index (Phi) is 3.22. The number of amides is 1. The Morgan fingerprint density at radius 1 is 1.45 bits per heavy atom. The van der Waals surface area contributed by atoms with Crippen molar-refractivity contribution in [1.82, 2.24) is 4.98 Å². The summed E-state index contributed by atoms with van der Waals surface area (Å²) in [5.74, 6) is 0.765. The Labute approximate surface area is 122 Å². The van der Waals surface area contributed by atoms with Gasteiger partial charge in [0.25, 0.3) is 5.91 Å². The molecule has 1 aliphatic heterocycles. The first-order valence-electron chi connectivity index (χ1n) is 6.64. The van der Waals surface area contributed by atoms with E-state index in [0.29, 0.717) is 6.54 Å². The van der Waals surface area contributed by atoms with Crippen molar-refractivity contribution in [2.45, 2.75) is 26.9 Å². The van der Waals surface area contributed by atoms with Gasteiger partial charge in [-0.05, 0) is 39.0 Å². The van der Waals surface area contributed by atoms with Crippen LogP contribution in [0, 0.1) is 6.92 Å². The molecule has 0 N–H and O–H groups in total. The van der Waals surface area contributed by atoms with E-state index >= 15 is 0 Å². The molecule has 104 valence electrons. The Morgan fingerprint density at radius 2 is 2.25 bits per heavy atom. The molecule has 0 bridgehead atoms. The van der Waals surface area contributed by atoms with Crippen molar-refractivity contribution >= 4 is 22.9 Å². The van der Waals surface area contributed by atoms with Crippen LogP contribution in [0.25, 0.3) is 11.3 Å². The molecule has 3 rings (SSSR count). The minimum Gasteiger partial charge on any atom is -0.479 e. The molecule has 2 aromatic rings. The van der Waals surface area contributed by atoms with Gasteiger partial charge >= 0.3 is 0 Å². The Bertz CT molecular complexity index is 666. The molecule has 1 amide bonds. The summed E-state index contributed by atoms with van der Waals surface area (Å²) in [5, 5.41) is 3.06. The third-order valence-electron chi connectivity index (χ3n) is 3.40. The van der Waals surface area contributed by atoms with Crippen LogP contribution in [0.15, 0.2) is 23.6 Å². The summed E-state index contributed by atoms with van der Waals surface area (Å²) >= 11 is 1.62. The van der Waals surface area contributed by atoms with Crippen LogP contribution >= 0.6 is 11.3 Å². The number of ether oxygens (including phenoxy) is 1. The predicted molar refractivity (Wildman–Crippen MR) is 80.4 cm³/mol. The molecule has 1 atom stereocenters. The molecular formula is C15H16N2O2S. The van der Waals surface area contributed by atoms with Crippen LogP contribution in [0.4, 0.5) is 5.69 Å². The van der Waals surface area contributed by atoms with Gasteiger partial charge < -0.3 is 9.64 Å². The van der Waals surface area contributed by atoms with E-state index in [9.17, 15) is 4.79 Å². The van der Waals surface area contributed by atoms with Gasteiger partial charge in [0.05, 0.1) is 16.4 Å². The number of aryl methyl sites for hydroxylation is 1.